The van der Waals surface area contributed by atoms with E-state index in [0.29, 0.717) is 17.5 Å². The topological polar surface area (TPSA) is 195 Å². The first kappa shape index (κ1) is 43.7. The molecule has 0 bridgehead atoms. The van der Waals surface area contributed by atoms with Crippen LogP contribution in [0.15, 0.2) is 36.7 Å². The summed E-state index contributed by atoms with van der Waals surface area (Å²) in [6, 6.07) is 9.02. The first-order valence-electron chi connectivity index (χ1n) is 19.5. The highest BCUT2D eigenvalue weighted by molar-refractivity contribution is 7.47. The third kappa shape index (κ3) is 12.8. The molecule has 54 heavy (non-hydrogen) atoms. The van der Waals surface area contributed by atoms with Crippen molar-refractivity contribution in [2.24, 2.45) is 0 Å². The van der Waals surface area contributed by atoms with Crippen molar-refractivity contribution in [3.63, 3.8) is 0 Å². The molecular formula is C39H59FN5O8P. The van der Waals surface area contributed by atoms with Gasteiger partial charge in [0.2, 0.25) is 0 Å². The molecule has 1 aromatic carbocycles. The van der Waals surface area contributed by atoms with Gasteiger partial charge in [0, 0.05) is 0 Å². The lowest BCUT2D eigenvalue weighted by atomic mass is 9.86. The molecule has 1 fully saturated rings. The molecule has 300 valence electrons. The zero-order valence-electron chi connectivity index (χ0n) is 31.8. The summed E-state index contributed by atoms with van der Waals surface area (Å²) in [5, 5.41) is 36.1. The Morgan fingerprint density at radius 3 is 2.30 bits per heavy atom. The summed E-state index contributed by atoms with van der Waals surface area (Å²) in [5.74, 6) is -0.377. The van der Waals surface area contributed by atoms with Gasteiger partial charge in [-0.15, -0.1) is 0 Å². The fourth-order valence-electron chi connectivity index (χ4n) is 6.95. The molecule has 1 unspecified atom stereocenters. The first-order chi connectivity index (χ1) is 25.9. The van der Waals surface area contributed by atoms with E-state index < -0.39 is 43.7 Å². The third-order valence-electron chi connectivity index (χ3n) is 10.2. The van der Waals surface area contributed by atoms with E-state index in [1.54, 1.807) is 12.1 Å². The highest BCUT2D eigenvalue weighted by Gasteiger charge is 2.58. The Hall–Kier alpha value is -2.99. The number of nitrogens with zero attached hydrogens (tertiary/aromatic N) is 4. The number of phosphoric acid groups is 1. The van der Waals surface area contributed by atoms with Gasteiger partial charge in [-0.25, -0.2) is 18.5 Å². The number of hydrogen-bond acceptors (Lipinski definition) is 11. The average molecular weight is 776 g/mol. The molecular weight excluding hydrogens is 716 g/mol. The molecule has 1 aliphatic heterocycles. The lowest BCUT2D eigenvalue weighted by Gasteiger charge is -2.32. The number of aliphatic hydroxyl groups is 2. The quantitative estimate of drug-likeness (QED) is 0.0460. The molecule has 0 aliphatic carbocycles. The van der Waals surface area contributed by atoms with E-state index in [2.05, 4.69) is 17.0 Å². The van der Waals surface area contributed by atoms with Gasteiger partial charge in [0.1, 0.15) is 29.4 Å². The average Bonchev–Trinajstić information content (AvgIpc) is 3.70. The van der Waals surface area contributed by atoms with Crippen molar-refractivity contribution in [2.45, 2.75) is 147 Å². The SMILES string of the molecule is CCCCCCCCCCCCCCCCC[C@@H](COP(=O)(O)OC[C@@]1(C)OC[C@](O)(c2ccc3c(N)ncnn23)[C@@H]1O)OCc1cc(F)cc(C#N)c1. The predicted molar refractivity (Wildman–Crippen MR) is 203 cm³/mol. The maximum atomic E-state index is 14.1. The van der Waals surface area contributed by atoms with Crippen LogP contribution in [0.3, 0.4) is 0 Å². The van der Waals surface area contributed by atoms with E-state index in [4.69, 9.17) is 24.3 Å². The normalized spacial score (nSPS) is 21.7. The van der Waals surface area contributed by atoms with Gasteiger partial charge in [0.15, 0.2) is 11.4 Å². The Morgan fingerprint density at radius 2 is 1.67 bits per heavy atom. The number of hydrogen-bond donors (Lipinski definition) is 4. The molecule has 1 saturated heterocycles. The standard InChI is InChI=1S/C39H59FN5O8P/c1-3-4-5-6-7-8-9-10-11-12-13-14-15-16-17-18-33(50-25-31-21-30(24-41)22-32(40)23-31)26-52-54(48,49)53-27-38(2)37(46)39(47,28-51-38)35-20-19-34-36(42)43-29-44-45(34)35/h19-23,29,33,37,46-47H,3-18,25-28H2,1-2H3,(H,48,49)(H2,42,43,44)/t33-,37+,38+,39-/m0/s1. The number of anilines is 1. The second-order valence-corrected chi connectivity index (χ2v) is 16.2. The van der Waals surface area contributed by atoms with E-state index in [9.17, 15) is 29.3 Å². The Bertz CT molecular complexity index is 1690. The third-order valence-corrected chi connectivity index (χ3v) is 11.1. The summed E-state index contributed by atoms with van der Waals surface area (Å²) in [5.41, 5.74) is 3.62. The smallest absolute Gasteiger partial charge is 0.386 e. The minimum absolute atomic E-state index is 0.0303. The van der Waals surface area contributed by atoms with Gasteiger partial charge in [0.05, 0.1) is 49.9 Å². The summed E-state index contributed by atoms with van der Waals surface area (Å²) >= 11 is 0. The van der Waals surface area contributed by atoms with Crippen LogP contribution in [0.5, 0.6) is 0 Å². The highest BCUT2D eigenvalue weighted by atomic mass is 31.2. The summed E-state index contributed by atoms with van der Waals surface area (Å²) < 4.78 is 50.9. The van der Waals surface area contributed by atoms with Gasteiger partial charge in [0.25, 0.3) is 0 Å². The molecule has 0 spiro atoms. The van der Waals surface area contributed by atoms with Gasteiger partial charge >= 0.3 is 7.82 Å². The molecule has 0 radical (unpaired) electrons. The number of nitriles is 1. The van der Waals surface area contributed by atoms with Crippen LogP contribution in [0.4, 0.5) is 10.2 Å². The summed E-state index contributed by atoms with van der Waals surface area (Å²) in [7, 11) is -4.70. The molecule has 4 rings (SSSR count). The van der Waals surface area contributed by atoms with Crippen LogP contribution < -0.4 is 5.73 Å². The lowest BCUT2D eigenvalue weighted by molar-refractivity contribution is -0.100. The lowest BCUT2D eigenvalue weighted by Crippen LogP contribution is -2.49. The van der Waals surface area contributed by atoms with Crippen molar-refractivity contribution in [1.29, 1.82) is 5.26 Å². The summed E-state index contributed by atoms with van der Waals surface area (Å²) in [6.07, 6.45) is 17.9. The van der Waals surface area contributed by atoms with E-state index in [-0.39, 0.29) is 36.9 Å². The number of phosphoric ester groups is 1. The van der Waals surface area contributed by atoms with Crippen LogP contribution in [-0.4, -0.2) is 67.3 Å². The maximum absolute atomic E-state index is 14.1. The number of unbranched alkanes of at least 4 members (excludes halogenated alkanes) is 14. The molecule has 0 amide bonds. The van der Waals surface area contributed by atoms with E-state index in [1.807, 2.05) is 6.07 Å². The van der Waals surface area contributed by atoms with E-state index in [0.717, 1.165) is 31.7 Å². The number of ether oxygens (including phenoxy) is 2. The second-order valence-electron chi connectivity index (χ2n) is 14.8. The van der Waals surface area contributed by atoms with Crippen molar-refractivity contribution in [2.75, 3.05) is 25.6 Å². The number of halogens is 1. The number of aromatic nitrogens is 3. The van der Waals surface area contributed by atoms with Crippen LogP contribution in [0.1, 0.15) is 133 Å². The molecule has 2 aromatic heterocycles. The van der Waals surface area contributed by atoms with Crippen molar-refractivity contribution >= 4 is 19.2 Å². The van der Waals surface area contributed by atoms with Crippen molar-refractivity contribution < 1.29 is 42.6 Å². The predicted octanol–water partition coefficient (Wildman–Crippen LogP) is 7.64. The minimum Gasteiger partial charge on any atom is -0.386 e. The Morgan fingerprint density at radius 1 is 1.04 bits per heavy atom. The number of aliphatic hydroxyl groups excluding tert-OH is 1. The van der Waals surface area contributed by atoms with Crippen LogP contribution in [0.25, 0.3) is 5.52 Å². The fourth-order valence-corrected chi connectivity index (χ4v) is 7.80. The van der Waals surface area contributed by atoms with Crippen molar-refractivity contribution in [3.8, 4) is 6.07 Å². The van der Waals surface area contributed by atoms with Gasteiger partial charge in [-0.3, -0.25) is 9.05 Å². The number of benzene rings is 1. The van der Waals surface area contributed by atoms with Crippen LogP contribution in [-0.2, 0) is 35.3 Å². The molecule has 1 aliphatic rings. The van der Waals surface area contributed by atoms with Crippen LogP contribution in [0, 0.1) is 17.1 Å². The zero-order valence-corrected chi connectivity index (χ0v) is 32.7. The highest BCUT2D eigenvalue weighted by Crippen LogP contribution is 2.48. The van der Waals surface area contributed by atoms with Crippen LogP contribution >= 0.6 is 7.82 Å². The number of nitrogen functional groups attached to an aromatic ring is 1. The molecule has 15 heteroatoms. The molecule has 13 nitrogen and oxygen atoms in total. The van der Waals surface area contributed by atoms with E-state index in [1.165, 1.54) is 101 Å². The number of nitrogens with two attached hydrogens (primary N) is 1. The minimum atomic E-state index is -4.70. The largest absolute Gasteiger partial charge is 0.472 e. The number of fused-ring (bicyclic) bond motifs is 1. The molecule has 3 aromatic rings. The Labute approximate surface area is 318 Å². The zero-order chi connectivity index (χ0) is 39.0. The Kier molecular flexibility index (Phi) is 17.3. The van der Waals surface area contributed by atoms with Crippen molar-refractivity contribution in [1.82, 2.24) is 14.6 Å². The van der Waals surface area contributed by atoms with Gasteiger partial charge < -0.3 is 30.3 Å². The Balaban J connectivity index is 1.24. The molecule has 0 saturated carbocycles. The molecule has 5 atom stereocenters. The molecule has 5 N–H and O–H groups in total. The number of rotatable bonds is 26. The fraction of sp³-hybridized carbons (Fsp3) is 0.667. The van der Waals surface area contributed by atoms with Gasteiger partial charge in [-0.05, 0) is 49.2 Å². The second kappa shape index (κ2) is 21.3. The first-order valence-corrected chi connectivity index (χ1v) is 21.0. The summed E-state index contributed by atoms with van der Waals surface area (Å²) in [4.78, 5) is 14.6. The van der Waals surface area contributed by atoms with Crippen LogP contribution in [0.2, 0.25) is 0 Å². The summed E-state index contributed by atoms with van der Waals surface area (Å²) in [6.45, 7) is 2.42. The van der Waals surface area contributed by atoms with Gasteiger partial charge in [-0.1, -0.05) is 103 Å². The molecule has 3 heterocycles. The van der Waals surface area contributed by atoms with Crippen molar-refractivity contribution in [3.05, 3.63) is 59.3 Å². The van der Waals surface area contributed by atoms with E-state index >= 15 is 0 Å². The van der Waals surface area contributed by atoms with Gasteiger partial charge in [-0.2, -0.15) is 10.4 Å². The maximum Gasteiger partial charge on any atom is 0.472 e. The monoisotopic (exact) mass is 775 g/mol.